The highest BCUT2D eigenvalue weighted by atomic mass is 16.6. The first-order valence-electron chi connectivity index (χ1n) is 5.69. The first-order valence-corrected chi connectivity index (χ1v) is 5.69. The van der Waals surface area contributed by atoms with Crippen molar-refractivity contribution in [2.45, 2.75) is 26.4 Å². The molecule has 0 bridgehead atoms. The number of esters is 1. The fourth-order valence-electron chi connectivity index (χ4n) is 1.78. The number of methoxy groups -OCH3 is 1. The quantitative estimate of drug-likeness (QED) is 0.517. The number of carbonyl (C=O) groups excluding carboxylic acids is 2. The van der Waals surface area contributed by atoms with Gasteiger partial charge in [-0.25, -0.2) is 0 Å². The van der Waals surface area contributed by atoms with Gasteiger partial charge in [0.05, 0.1) is 7.11 Å². The highest BCUT2D eigenvalue weighted by Crippen LogP contribution is 2.19. The summed E-state index contributed by atoms with van der Waals surface area (Å²) >= 11 is 0. The van der Waals surface area contributed by atoms with Gasteiger partial charge in [-0.2, -0.15) is 0 Å². The lowest BCUT2D eigenvalue weighted by atomic mass is 9.98. The van der Waals surface area contributed by atoms with Gasteiger partial charge in [0.2, 0.25) is 5.91 Å². The molecule has 17 heavy (non-hydrogen) atoms. The molecule has 0 aromatic rings. The summed E-state index contributed by atoms with van der Waals surface area (Å²) < 4.78 is 4.66. The molecular formula is C11H18N2O4. The minimum absolute atomic E-state index is 0.266. The van der Waals surface area contributed by atoms with E-state index in [9.17, 15) is 9.59 Å². The normalized spacial score (nSPS) is 19.6. The van der Waals surface area contributed by atoms with Crippen molar-refractivity contribution in [3.63, 3.8) is 0 Å². The van der Waals surface area contributed by atoms with Crippen LogP contribution in [0.25, 0.3) is 0 Å². The van der Waals surface area contributed by atoms with Crippen molar-refractivity contribution in [2.75, 3.05) is 20.2 Å². The highest BCUT2D eigenvalue weighted by molar-refractivity contribution is 5.98. The Labute approximate surface area is 101 Å². The van der Waals surface area contributed by atoms with Gasteiger partial charge < -0.3 is 14.5 Å². The van der Waals surface area contributed by atoms with Crippen LogP contribution in [-0.2, 0) is 19.2 Å². The van der Waals surface area contributed by atoms with Gasteiger partial charge in [-0.1, -0.05) is 5.16 Å². The maximum atomic E-state index is 12.2. The largest absolute Gasteiger partial charge is 0.468 e. The molecule has 1 heterocycles. The highest BCUT2D eigenvalue weighted by Gasteiger charge is 2.40. The molecule has 96 valence electrons. The molecule has 0 spiro atoms. The molecule has 1 amide bonds. The number of rotatable bonds is 5. The molecule has 0 saturated carbocycles. The number of ether oxygens (including phenoxy) is 1. The van der Waals surface area contributed by atoms with Crippen molar-refractivity contribution >= 4 is 18.1 Å². The summed E-state index contributed by atoms with van der Waals surface area (Å²) in [5, 5.41) is 3.59. The molecule has 1 aliphatic heterocycles. The van der Waals surface area contributed by atoms with Crippen LogP contribution in [0.5, 0.6) is 0 Å². The summed E-state index contributed by atoms with van der Waals surface area (Å²) in [6.07, 6.45) is 1.46. The van der Waals surface area contributed by atoms with E-state index in [4.69, 9.17) is 4.84 Å². The van der Waals surface area contributed by atoms with E-state index in [2.05, 4.69) is 9.89 Å². The Morgan fingerprint density at radius 2 is 2.18 bits per heavy atom. The first kappa shape index (κ1) is 13.5. The Balaban J connectivity index is 2.82. The molecule has 6 nitrogen and oxygen atoms in total. The zero-order chi connectivity index (χ0) is 12.8. The third-order valence-electron chi connectivity index (χ3n) is 2.78. The van der Waals surface area contributed by atoms with Gasteiger partial charge in [0.25, 0.3) is 0 Å². The molecule has 0 fully saturated rings. The molecule has 0 aliphatic carbocycles. The molecule has 2 unspecified atom stereocenters. The molecule has 0 radical (unpaired) electrons. The fourth-order valence-corrected chi connectivity index (χ4v) is 1.78. The molecule has 6 heteroatoms. The zero-order valence-electron chi connectivity index (χ0n) is 10.4. The van der Waals surface area contributed by atoms with Crippen LogP contribution >= 0.6 is 0 Å². The predicted octanol–water partition coefficient (Wildman–Crippen LogP) is 0.419. The van der Waals surface area contributed by atoms with E-state index < -0.39 is 18.0 Å². The Hall–Kier alpha value is -1.59. The number of nitrogens with zero attached hydrogens (tertiary/aromatic N) is 2. The van der Waals surface area contributed by atoms with Gasteiger partial charge >= 0.3 is 5.97 Å². The lowest BCUT2D eigenvalue weighted by molar-refractivity contribution is -0.160. The zero-order valence-corrected chi connectivity index (χ0v) is 10.4. The van der Waals surface area contributed by atoms with Crippen LogP contribution in [0, 0.1) is 5.92 Å². The summed E-state index contributed by atoms with van der Waals surface area (Å²) in [5.41, 5.74) is 0. The lowest BCUT2D eigenvalue weighted by Gasteiger charge is -2.25. The van der Waals surface area contributed by atoms with Crippen LogP contribution in [0.3, 0.4) is 0 Å². The average Bonchev–Trinajstić information content (AvgIpc) is 2.84. The second kappa shape index (κ2) is 6.22. The molecule has 1 rings (SSSR count). The van der Waals surface area contributed by atoms with Gasteiger partial charge in [-0.3, -0.25) is 9.59 Å². The topological polar surface area (TPSA) is 68.2 Å². The maximum absolute atomic E-state index is 12.2. The number of oxime groups is 1. The summed E-state index contributed by atoms with van der Waals surface area (Å²) in [5.74, 6) is -1.77. The standard InChI is InChI=1S/C11H18N2O4/c1-4-13(5-2)10(14)9(11(15)16-3)8-6-7-12-17-8/h7-9H,4-6H2,1-3H3. The summed E-state index contributed by atoms with van der Waals surface area (Å²) in [6.45, 7) is 4.83. The van der Waals surface area contributed by atoms with Crippen molar-refractivity contribution in [3.05, 3.63) is 0 Å². The van der Waals surface area contributed by atoms with Crippen molar-refractivity contribution in [1.29, 1.82) is 0 Å². The molecule has 0 N–H and O–H groups in total. The molecule has 0 aromatic heterocycles. The van der Waals surface area contributed by atoms with Crippen LogP contribution in [0.4, 0.5) is 0 Å². The van der Waals surface area contributed by atoms with E-state index >= 15 is 0 Å². The smallest absolute Gasteiger partial charge is 0.322 e. The van der Waals surface area contributed by atoms with Gasteiger partial charge in [-0.05, 0) is 13.8 Å². The third-order valence-corrected chi connectivity index (χ3v) is 2.78. The Bertz CT molecular complexity index is 305. The Kier molecular flexibility index (Phi) is 4.93. The third kappa shape index (κ3) is 2.95. The number of carbonyl (C=O) groups is 2. The fraction of sp³-hybridized carbons (Fsp3) is 0.727. The predicted molar refractivity (Wildman–Crippen MR) is 61.4 cm³/mol. The van der Waals surface area contributed by atoms with Crippen LogP contribution in [0.1, 0.15) is 20.3 Å². The molecular weight excluding hydrogens is 224 g/mol. The van der Waals surface area contributed by atoms with Gasteiger partial charge in [0.15, 0.2) is 12.0 Å². The summed E-state index contributed by atoms with van der Waals surface area (Å²) in [6, 6.07) is 0. The maximum Gasteiger partial charge on any atom is 0.322 e. The van der Waals surface area contributed by atoms with E-state index in [-0.39, 0.29) is 5.91 Å². The monoisotopic (exact) mass is 242 g/mol. The minimum Gasteiger partial charge on any atom is -0.468 e. The molecule has 0 saturated heterocycles. The second-order valence-corrected chi connectivity index (χ2v) is 3.68. The van der Waals surface area contributed by atoms with Crippen LogP contribution < -0.4 is 0 Å². The van der Waals surface area contributed by atoms with Crippen molar-refractivity contribution in [2.24, 2.45) is 11.1 Å². The Morgan fingerprint density at radius 1 is 1.53 bits per heavy atom. The second-order valence-electron chi connectivity index (χ2n) is 3.68. The lowest BCUT2D eigenvalue weighted by Crippen LogP contribution is -2.45. The van der Waals surface area contributed by atoms with E-state index in [1.54, 1.807) is 11.1 Å². The van der Waals surface area contributed by atoms with Crippen molar-refractivity contribution in [1.82, 2.24) is 4.90 Å². The van der Waals surface area contributed by atoms with Crippen LogP contribution in [-0.4, -0.2) is 49.3 Å². The summed E-state index contributed by atoms with van der Waals surface area (Å²) in [7, 11) is 1.26. The molecule has 2 atom stereocenters. The Morgan fingerprint density at radius 3 is 2.59 bits per heavy atom. The van der Waals surface area contributed by atoms with E-state index in [0.29, 0.717) is 19.5 Å². The van der Waals surface area contributed by atoms with Crippen LogP contribution in [0.15, 0.2) is 5.16 Å². The van der Waals surface area contributed by atoms with E-state index in [1.807, 2.05) is 13.8 Å². The summed E-state index contributed by atoms with van der Waals surface area (Å²) in [4.78, 5) is 30.5. The first-order chi connectivity index (χ1) is 8.15. The van der Waals surface area contributed by atoms with Crippen LogP contribution in [0.2, 0.25) is 0 Å². The SMILES string of the molecule is CCN(CC)C(=O)C(C(=O)OC)C1CC=NO1. The minimum atomic E-state index is -0.928. The van der Waals surface area contributed by atoms with Crippen molar-refractivity contribution < 1.29 is 19.2 Å². The number of amides is 1. The molecule has 1 aliphatic rings. The van der Waals surface area contributed by atoms with E-state index in [1.165, 1.54) is 7.11 Å². The number of hydrogen-bond donors (Lipinski definition) is 0. The number of hydrogen-bond acceptors (Lipinski definition) is 5. The van der Waals surface area contributed by atoms with Gasteiger partial charge in [-0.15, -0.1) is 0 Å². The van der Waals surface area contributed by atoms with Gasteiger partial charge in [0.1, 0.15) is 0 Å². The molecule has 0 aromatic carbocycles. The van der Waals surface area contributed by atoms with Crippen molar-refractivity contribution in [3.8, 4) is 0 Å². The average molecular weight is 242 g/mol. The van der Waals surface area contributed by atoms with Gasteiger partial charge in [0, 0.05) is 25.7 Å². The van der Waals surface area contributed by atoms with E-state index in [0.717, 1.165) is 0 Å².